The molecule has 5 nitrogen and oxygen atoms in total. The monoisotopic (exact) mass is 433 g/mol. The van der Waals surface area contributed by atoms with Gasteiger partial charge in [0.05, 0.1) is 4.90 Å². The lowest BCUT2D eigenvalue weighted by molar-refractivity contribution is -0.274. The highest BCUT2D eigenvalue weighted by Gasteiger charge is 2.43. The van der Waals surface area contributed by atoms with E-state index in [1.165, 1.54) is 24.3 Å². The Morgan fingerprint density at radius 1 is 1.07 bits per heavy atom. The van der Waals surface area contributed by atoms with E-state index in [0.29, 0.717) is 6.42 Å². The summed E-state index contributed by atoms with van der Waals surface area (Å²) in [6.45, 7) is 2.42. The van der Waals surface area contributed by atoms with Crippen LogP contribution >= 0.6 is 0 Å². The van der Waals surface area contributed by atoms with Gasteiger partial charge in [0.15, 0.2) is 9.84 Å². The maximum Gasteiger partial charge on any atom is 0.573 e. The van der Waals surface area contributed by atoms with E-state index in [-0.39, 0.29) is 6.54 Å². The number of benzene rings is 2. The minimum Gasteiger partial charge on any atom is -0.406 e. The lowest BCUT2D eigenvalue weighted by Gasteiger charge is -2.24. The number of halogens is 4. The molecule has 2 rings (SSSR count). The van der Waals surface area contributed by atoms with E-state index in [2.05, 4.69) is 10.1 Å². The van der Waals surface area contributed by atoms with E-state index in [9.17, 15) is 30.8 Å². The number of hydrogen-bond acceptors (Lipinski definition) is 4. The van der Waals surface area contributed by atoms with Crippen molar-refractivity contribution in [2.24, 2.45) is 0 Å². The number of ether oxygens (including phenoxy) is 1. The van der Waals surface area contributed by atoms with Crippen molar-refractivity contribution in [3.05, 3.63) is 59.9 Å². The van der Waals surface area contributed by atoms with Crippen LogP contribution in [0.5, 0.6) is 5.75 Å². The highest BCUT2D eigenvalue weighted by atomic mass is 32.2. The van der Waals surface area contributed by atoms with Gasteiger partial charge in [-0.2, -0.15) is 0 Å². The van der Waals surface area contributed by atoms with Gasteiger partial charge >= 0.3 is 6.36 Å². The molecule has 0 aliphatic heterocycles. The molecule has 0 saturated carbocycles. The van der Waals surface area contributed by atoms with Crippen LogP contribution in [0.1, 0.15) is 19.4 Å². The molecule has 1 N–H and O–H groups in total. The smallest absolute Gasteiger partial charge is 0.406 e. The molecule has 0 saturated heterocycles. The second kappa shape index (κ2) is 8.40. The van der Waals surface area contributed by atoms with Crippen LogP contribution in [-0.2, 0) is 21.1 Å². The van der Waals surface area contributed by atoms with Crippen molar-refractivity contribution in [2.45, 2.75) is 36.3 Å². The van der Waals surface area contributed by atoms with E-state index in [1.807, 2.05) is 0 Å². The summed E-state index contributed by atoms with van der Waals surface area (Å²) < 4.78 is 77.5. The van der Waals surface area contributed by atoms with Crippen molar-refractivity contribution in [1.82, 2.24) is 5.32 Å². The number of carbonyl (C=O) groups excluding carboxylic acids is 1. The van der Waals surface area contributed by atoms with Gasteiger partial charge in [0, 0.05) is 6.54 Å². The van der Waals surface area contributed by atoms with Crippen molar-refractivity contribution < 1.29 is 35.5 Å². The summed E-state index contributed by atoms with van der Waals surface area (Å²) in [7, 11) is -4.33. The molecule has 0 radical (unpaired) electrons. The van der Waals surface area contributed by atoms with Gasteiger partial charge in [-0.1, -0.05) is 18.2 Å². The quantitative estimate of drug-likeness (QED) is 0.677. The fourth-order valence-electron chi connectivity index (χ4n) is 2.44. The van der Waals surface area contributed by atoms with Crippen LogP contribution in [0.3, 0.4) is 0 Å². The fraction of sp³-hybridized carbons (Fsp3) is 0.316. The molecule has 10 heteroatoms. The normalized spacial score (nSPS) is 12.5. The van der Waals surface area contributed by atoms with Gasteiger partial charge in [0.25, 0.3) is 0 Å². The molecular formula is C19H19F4NO4S. The first-order valence-corrected chi connectivity index (χ1v) is 9.94. The molecule has 0 unspecified atom stereocenters. The molecule has 0 aromatic heterocycles. The topological polar surface area (TPSA) is 72.5 Å². The average molecular weight is 433 g/mol. The Morgan fingerprint density at radius 3 is 2.28 bits per heavy atom. The minimum absolute atomic E-state index is 0.0979. The summed E-state index contributed by atoms with van der Waals surface area (Å²) in [5.74, 6) is -1.92. The standard InChI is InChI=1S/C19H19F4NO4S/c1-18(2,17(25)24-11-10-13-6-8-14(20)9-7-13)29(26,27)16-5-3-4-15(12-16)28-19(21,22)23/h3-9,12H,10-11H2,1-2H3,(H,24,25). The predicted octanol–water partition coefficient (Wildman–Crippen LogP) is 3.64. The van der Waals surface area contributed by atoms with Gasteiger partial charge in [-0.3, -0.25) is 4.79 Å². The van der Waals surface area contributed by atoms with Crippen molar-refractivity contribution in [3.8, 4) is 5.75 Å². The largest absolute Gasteiger partial charge is 0.573 e. The van der Waals surface area contributed by atoms with Crippen LogP contribution in [0, 0.1) is 5.82 Å². The van der Waals surface area contributed by atoms with E-state index >= 15 is 0 Å². The number of sulfone groups is 1. The Morgan fingerprint density at radius 2 is 1.69 bits per heavy atom. The fourth-order valence-corrected chi connectivity index (χ4v) is 3.87. The highest BCUT2D eigenvalue weighted by molar-refractivity contribution is 7.93. The Balaban J connectivity index is 2.12. The molecule has 2 aromatic carbocycles. The van der Waals surface area contributed by atoms with E-state index < -0.39 is 43.3 Å². The maximum absolute atomic E-state index is 12.9. The molecule has 2 aromatic rings. The maximum atomic E-state index is 12.9. The molecule has 0 spiro atoms. The molecule has 0 fully saturated rings. The predicted molar refractivity (Wildman–Crippen MR) is 97.5 cm³/mol. The van der Waals surface area contributed by atoms with Crippen LogP contribution in [0.15, 0.2) is 53.4 Å². The third-order valence-corrected chi connectivity index (χ3v) is 6.58. The lowest BCUT2D eigenvalue weighted by atomic mass is 10.1. The SMILES string of the molecule is CC(C)(C(=O)NCCc1ccc(F)cc1)S(=O)(=O)c1cccc(OC(F)(F)F)c1. The first kappa shape index (κ1) is 22.7. The van der Waals surface area contributed by atoms with Gasteiger partial charge in [-0.25, -0.2) is 12.8 Å². The van der Waals surface area contributed by atoms with Gasteiger partial charge < -0.3 is 10.1 Å². The Bertz CT molecular complexity index is 970. The second-order valence-electron chi connectivity index (χ2n) is 6.67. The Kier molecular flexibility index (Phi) is 6.56. The van der Waals surface area contributed by atoms with Crippen LogP contribution in [0.2, 0.25) is 0 Å². The summed E-state index contributed by atoms with van der Waals surface area (Å²) in [6, 6.07) is 9.47. The van der Waals surface area contributed by atoms with Crippen molar-refractivity contribution >= 4 is 15.7 Å². The Hall–Kier alpha value is -2.62. The number of hydrogen-bond donors (Lipinski definition) is 1. The van der Waals surface area contributed by atoms with Crippen LogP contribution in [0.4, 0.5) is 17.6 Å². The van der Waals surface area contributed by atoms with Crippen molar-refractivity contribution in [1.29, 1.82) is 0 Å². The van der Waals surface area contributed by atoms with Gasteiger partial charge in [0.1, 0.15) is 16.3 Å². The van der Waals surface area contributed by atoms with Crippen LogP contribution in [-0.4, -0.2) is 32.0 Å². The summed E-state index contributed by atoms with van der Waals surface area (Å²) in [6.07, 6.45) is -4.63. The zero-order chi connectivity index (χ0) is 21.9. The molecule has 0 heterocycles. The van der Waals surface area contributed by atoms with Gasteiger partial charge in [-0.05, 0) is 56.2 Å². The second-order valence-corrected chi connectivity index (χ2v) is 9.17. The zero-order valence-electron chi connectivity index (χ0n) is 15.6. The summed E-state index contributed by atoms with van der Waals surface area (Å²) >= 11 is 0. The van der Waals surface area contributed by atoms with Crippen LogP contribution < -0.4 is 10.1 Å². The molecule has 0 atom stereocenters. The van der Waals surface area contributed by atoms with E-state index in [0.717, 1.165) is 43.7 Å². The molecule has 29 heavy (non-hydrogen) atoms. The number of alkyl halides is 3. The molecule has 0 bridgehead atoms. The third-order valence-electron chi connectivity index (χ3n) is 4.18. The molecule has 0 aliphatic rings. The molecular weight excluding hydrogens is 414 g/mol. The molecule has 0 aliphatic carbocycles. The Labute approximate surface area is 165 Å². The first-order chi connectivity index (χ1) is 13.3. The number of rotatable bonds is 7. The van der Waals surface area contributed by atoms with Crippen molar-refractivity contribution in [3.63, 3.8) is 0 Å². The number of nitrogens with one attached hydrogen (secondary N) is 1. The zero-order valence-corrected chi connectivity index (χ0v) is 16.4. The molecule has 158 valence electrons. The minimum atomic E-state index is -4.98. The lowest BCUT2D eigenvalue weighted by Crippen LogP contribution is -2.48. The molecule has 1 amide bonds. The summed E-state index contributed by atoms with van der Waals surface area (Å²) in [5, 5.41) is 2.49. The van der Waals surface area contributed by atoms with Gasteiger partial charge in [-0.15, -0.1) is 13.2 Å². The van der Waals surface area contributed by atoms with E-state index in [1.54, 1.807) is 0 Å². The average Bonchev–Trinajstić information content (AvgIpc) is 2.62. The summed E-state index contributed by atoms with van der Waals surface area (Å²) in [5.41, 5.74) is 0.740. The van der Waals surface area contributed by atoms with Gasteiger partial charge in [0.2, 0.25) is 5.91 Å². The van der Waals surface area contributed by atoms with Crippen molar-refractivity contribution in [2.75, 3.05) is 6.54 Å². The highest BCUT2D eigenvalue weighted by Crippen LogP contribution is 2.30. The summed E-state index contributed by atoms with van der Waals surface area (Å²) in [4.78, 5) is 12.0. The number of carbonyl (C=O) groups is 1. The van der Waals surface area contributed by atoms with E-state index in [4.69, 9.17) is 0 Å². The first-order valence-electron chi connectivity index (χ1n) is 8.46. The number of amides is 1. The third kappa shape index (κ3) is 5.69. The van der Waals surface area contributed by atoms with Crippen LogP contribution in [0.25, 0.3) is 0 Å².